The van der Waals surface area contributed by atoms with Crippen LogP contribution in [0.3, 0.4) is 0 Å². The molecule has 0 saturated carbocycles. The molecule has 2 rings (SSSR count). The van der Waals surface area contributed by atoms with Crippen molar-refractivity contribution in [1.29, 1.82) is 0 Å². The van der Waals surface area contributed by atoms with Crippen molar-refractivity contribution in [3.63, 3.8) is 0 Å². The summed E-state index contributed by atoms with van der Waals surface area (Å²) in [5.41, 5.74) is 5.58. The molecule has 0 unspecified atom stereocenters. The smallest absolute Gasteiger partial charge is 0.276 e. The summed E-state index contributed by atoms with van der Waals surface area (Å²) in [7, 11) is 0. The summed E-state index contributed by atoms with van der Waals surface area (Å²) < 4.78 is 23.9. The molecule has 0 bridgehead atoms. The lowest BCUT2D eigenvalue weighted by Gasteiger charge is -2.10. The highest BCUT2D eigenvalue weighted by Gasteiger charge is 2.08. The van der Waals surface area contributed by atoms with Gasteiger partial charge in [0, 0.05) is 6.42 Å². The van der Waals surface area contributed by atoms with Crippen LogP contribution in [0, 0.1) is 12.7 Å². The number of hydrazine groups is 1. The number of benzene rings is 2. The number of aryl methyl sites for hydroxylation is 1. The monoisotopic (exact) mass is 360 g/mol. The zero-order chi connectivity index (χ0) is 18.8. The van der Waals surface area contributed by atoms with Crippen molar-refractivity contribution in [2.75, 3.05) is 13.2 Å². The van der Waals surface area contributed by atoms with E-state index in [4.69, 9.17) is 9.47 Å². The molecule has 0 spiro atoms. The third-order valence-electron chi connectivity index (χ3n) is 3.34. The van der Waals surface area contributed by atoms with Crippen LogP contribution in [-0.4, -0.2) is 25.0 Å². The van der Waals surface area contributed by atoms with E-state index >= 15 is 0 Å². The summed E-state index contributed by atoms with van der Waals surface area (Å²) in [6, 6.07) is 13.4. The number of carbonyl (C=O) groups excluding carboxylic acids is 2. The molecule has 26 heavy (non-hydrogen) atoms. The van der Waals surface area contributed by atoms with Crippen LogP contribution in [0.25, 0.3) is 0 Å². The molecule has 0 atom stereocenters. The van der Waals surface area contributed by atoms with Gasteiger partial charge in [-0.3, -0.25) is 20.4 Å². The van der Waals surface area contributed by atoms with Gasteiger partial charge in [-0.15, -0.1) is 0 Å². The van der Waals surface area contributed by atoms with E-state index in [1.807, 2.05) is 31.2 Å². The minimum Gasteiger partial charge on any atom is -0.494 e. The average molecular weight is 360 g/mol. The molecule has 0 heterocycles. The normalized spacial score (nSPS) is 10.1. The topological polar surface area (TPSA) is 76.7 Å². The zero-order valence-electron chi connectivity index (χ0n) is 14.5. The van der Waals surface area contributed by atoms with Gasteiger partial charge in [0.05, 0.1) is 6.61 Å². The van der Waals surface area contributed by atoms with Crippen LogP contribution in [0.5, 0.6) is 11.5 Å². The molecule has 2 amide bonds. The molecule has 0 aliphatic rings. The van der Waals surface area contributed by atoms with Crippen molar-refractivity contribution < 1.29 is 23.5 Å². The van der Waals surface area contributed by atoms with Crippen LogP contribution in [0.1, 0.15) is 18.4 Å². The fraction of sp³-hybridized carbons (Fsp3) is 0.263. The van der Waals surface area contributed by atoms with Crippen LogP contribution in [0.15, 0.2) is 48.5 Å². The SMILES string of the molecule is Cc1cccc(OCCCC(=O)NNC(=O)COc2ccccc2F)c1. The first-order valence-electron chi connectivity index (χ1n) is 8.19. The van der Waals surface area contributed by atoms with Gasteiger partial charge in [0.15, 0.2) is 18.2 Å². The molecule has 0 aliphatic carbocycles. The van der Waals surface area contributed by atoms with Crippen LogP contribution >= 0.6 is 0 Å². The van der Waals surface area contributed by atoms with Gasteiger partial charge in [-0.05, 0) is 43.2 Å². The molecule has 2 N–H and O–H groups in total. The number of nitrogens with one attached hydrogen (secondary N) is 2. The Balaban J connectivity index is 1.58. The van der Waals surface area contributed by atoms with Gasteiger partial charge in [-0.1, -0.05) is 24.3 Å². The second kappa shape index (κ2) is 10.0. The van der Waals surface area contributed by atoms with Crippen molar-refractivity contribution >= 4 is 11.8 Å². The highest BCUT2D eigenvalue weighted by molar-refractivity contribution is 5.82. The fourth-order valence-corrected chi connectivity index (χ4v) is 2.07. The Morgan fingerprint density at radius 3 is 2.54 bits per heavy atom. The van der Waals surface area contributed by atoms with Gasteiger partial charge in [0.25, 0.3) is 5.91 Å². The third kappa shape index (κ3) is 6.80. The number of rotatable bonds is 8. The Kier molecular flexibility index (Phi) is 7.42. The Morgan fingerprint density at radius 2 is 1.77 bits per heavy atom. The summed E-state index contributed by atoms with van der Waals surface area (Å²) in [6.45, 7) is 1.96. The number of hydrogen-bond acceptors (Lipinski definition) is 4. The largest absolute Gasteiger partial charge is 0.494 e. The van der Waals surface area contributed by atoms with Gasteiger partial charge < -0.3 is 9.47 Å². The molecule has 0 saturated heterocycles. The van der Waals surface area contributed by atoms with E-state index in [2.05, 4.69) is 10.9 Å². The maximum Gasteiger partial charge on any atom is 0.276 e. The number of hydrogen-bond donors (Lipinski definition) is 2. The highest BCUT2D eigenvalue weighted by Crippen LogP contribution is 2.15. The highest BCUT2D eigenvalue weighted by atomic mass is 19.1. The second-order valence-corrected chi connectivity index (χ2v) is 5.58. The molecule has 0 radical (unpaired) electrons. The van der Waals surface area contributed by atoms with Crippen molar-refractivity contribution in [2.24, 2.45) is 0 Å². The van der Waals surface area contributed by atoms with E-state index in [9.17, 15) is 14.0 Å². The summed E-state index contributed by atoms with van der Waals surface area (Å²) in [4.78, 5) is 23.2. The lowest BCUT2D eigenvalue weighted by atomic mass is 10.2. The summed E-state index contributed by atoms with van der Waals surface area (Å²) in [5, 5.41) is 0. The summed E-state index contributed by atoms with van der Waals surface area (Å²) >= 11 is 0. The Bertz CT molecular complexity index is 752. The predicted octanol–water partition coefficient (Wildman–Crippen LogP) is 2.52. The van der Waals surface area contributed by atoms with Gasteiger partial charge in [-0.25, -0.2) is 4.39 Å². The number of para-hydroxylation sites is 1. The first kappa shape index (κ1) is 19.2. The van der Waals surface area contributed by atoms with E-state index in [0.717, 1.165) is 11.3 Å². The standard InChI is InChI=1S/C19H21FN2O4/c1-14-6-4-7-15(12-14)25-11-5-10-18(23)21-22-19(24)13-26-17-9-3-2-8-16(17)20/h2-4,6-9,12H,5,10-11,13H2,1H3,(H,21,23)(H,22,24). The van der Waals surface area contributed by atoms with E-state index < -0.39 is 18.3 Å². The number of halogens is 1. The van der Waals surface area contributed by atoms with Gasteiger partial charge in [0.1, 0.15) is 5.75 Å². The molecule has 6 nitrogen and oxygen atoms in total. The number of ether oxygens (including phenoxy) is 2. The molecule has 138 valence electrons. The molecular formula is C19H21FN2O4. The van der Waals surface area contributed by atoms with Crippen molar-refractivity contribution in [1.82, 2.24) is 10.9 Å². The first-order valence-corrected chi connectivity index (χ1v) is 8.19. The lowest BCUT2D eigenvalue weighted by molar-refractivity contribution is -0.130. The zero-order valence-corrected chi connectivity index (χ0v) is 14.5. The van der Waals surface area contributed by atoms with Crippen LogP contribution in [0.2, 0.25) is 0 Å². The van der Waals surface area contributed by atoms with E-state index in [1.54, 1.807) is 6.07 Å². The first-order chi connectivity index (χ1) is 12.5. The predicted molar refractivity (Wildman–Crippen MR) is 94.1 cm³/mol. The van der Waals surface area contributed by atoms with Crippen molar-refractivity contribution in [3.8, 4) is 11.5 Å². The Labute approximate surface area is 151 Å². The quantitative estimate of drug-likeness (QED) is 0.560. The van der Waals surface area contributed by atoms with Gasteiger partial charge in [0.2, 0.25) is 5.91 Å². The molecule has 0 aromatic heterocycles. The summed E-state index contributed by atoms with van der Waals surface area (Å²) in [5.74, 6) is -0.765. The molecule has 7 heteroatoms. The molecule has 2 aromatic rings. The van der Waals surface area contributed by atoms with E-state index in [0.29, 0.717) is 13.0 Å². The minimum atomic E-state index is -0.586. The van der Waals surface area contributed by atoms with E-state index in [-0.39, 0.29) is 18.1 Å². The third-order valence-corrected chi connectivity index (χ3v) is 3.34. The van der Waals surface area contributed by atoms with Gasteiger partial charge >= 0.3 is 0 Å². The molecule has 0 aliphatic heterocycles. The van der Waals surface area contributed by atoms with Crippen LogP contribution in [0.4, 0.5) is 4.39 Å². The molecule has 0 fully saturated rings. The fourth-order valence-electron chi connectivity index (χ4n) is 2.07. The maximum atomic E-state index is 13.3. The minimum absolute atomic E-state index is 0.0257. The van der Waals surface area contributed by atoms with E-state index in [1.165, 1.54) is 18.2 Å². The maximum absolute atomic E-state index is 13.3. The summed E-state index contributed by atoms with van der Waals surface area (Å²) in [6.07, 6.45) is 0.696. The number of amides is 2. The van der Waals surface area contributed by atoms with Crippen LogP contribution in [-0.2, 0) is 9.59 Å². The lowest BCUT2D eigenvalue weighted by Crippen LogP contribution is -2.43. The Hall–Kier alpha value is -3.09. The number of carbonyl (C=O) groups is 2. The van der Waals surface area contributed by atoms with Crippen molar-refractivity contribution in [2.45, 2.75) is 19.8 Å². The second-order valence-electron chi connectivity index (χ2n) is 5.58. The van der Waals surface area contributed by atoms with Gasteiger partial charge in [-0.2, -0.15) is 0 Å². The van der Waals surface area contributed by atoms with Crippen LogP contribution < -0.4 is 20.3 Å². The van der Waals surface area contributed by atoms with Crippen molar-refractivity contribution in [3.05, 3.63) is 59.9 Å². The molecular weight excluding hydrogens is 339 g/mol. The average Bonchev–Trinajstić information content (AvgIpc) is 2.63. The Morgan fingerprint density at radius 1 is 1.00 bits per heavy atom. The molecule has 2 aromatic carbocycles.